The number of pyridine rings is 2. The summed E-state index contributed by atoms with van der Waals surface area (Å²) < 4.78 is 0. The van der Waals surface area contributed by atoms with Gasteiger partial charge in [-0.1, -0.05) is 72.8 Å². The highest BCUT2D eigenvalue weighted by molar-refractivity contribution is 6.02. The maximum atomic E-state index is 5.12. The van der Waals surface area contributed by atoms with Crippen LogP contribution in [0.15, 0.2) is 84.9 Å². The van der Waals surface area contributed by atoms with Crippen LogP contribution in [0.5, 0.6) is 0 Å². The van der Waals surface area contributed by atoms with E-state index in [4.69, 9.17) is 9.97 Å². The Hall–Kier alpha value is -3.84. The summed E-state index contributed by atoms with van der Waals surface area (Å²) in [5, 5.41) is 24.1. The summed E-state index contributed by atoms with van der Waals surface area (Å²) in [6, 6.07) is 30.7. The van der Waals surface area contributed by atoms with Gasteiger partial charge in [0, 0.05) is 129 Å². The zero-order chi connectivity index (χ0) is 35.2. The maximum Gasteiger partial charge on any atom is 0.0968 e. The van der Waals surface area contributed by atoms with Gasteiger partial charge in [-0.15, -0.1) is 0 Å². The SMILES string of the molecule is c1cc2cc(c1)CNCCN(CCNCc1ccc3ccc4ccc(CNCCN5CCNCc6cccc(c6)CNCC5)nc4c3n1)CCNC2. The van der Waals surface area contributed by atoms with Gasteiger partial charge in [0.2, 0.25) is 0 Å². The summed E-state index contributed by atoms with van der Waals surface area (Å²) in [5.74, 6) is 0. The molecule has 10 heteroatoms. The number of hydrogen-bond acceptors (Lipinski definition) is 10. The van der Waals surface area contributed by atoms with Crippen LogP contribution >= 0.6 is 0 Å². The van der Waals surface area contributed by atoms with E-state index >= 15 is 0 Å². The minimum absolute atomic E-state index is 0.737. The Kier molecular flexibility index (Phi) is 13.6. The zero-order valence-corrected chi connectivity index (χ0v) is 30.6. The molecule has 7 rings (SSSR count). The zero-order valence-electron chi connectivity index (χ0n) is 30.6. The minimum atomic E-state index is 0.737. The standard InChI is InChI=1S/C42H56N10/c1-3-33-25-34(4-1)28-44-14-20-51(19-13-43-27-33)23-17-47-31-39-11-9-37-7-8-38-10-12-40(50-42(38)41(37)49-39)32-48-18-24-52-21-15-45-29-35-5-2-6-36(26-35)30-46-16-22-52/h1-12,25-26,43-48H,13-24,27-32H2. The quantitative estimate of drug-likeness (QED) is 0.0961. The predicted octanol–water partition coefficient (Wildman–Crippen LogP) is 3.35. The molecule has 52 heavy (non-hydrogen) atoms. The van der Waals surface area contributed by atoms with Gasteiger partial charge in [0.05, 0.1) is 22.4 Å². The normalized spacial score (nSPS) is 17.2. The van der Waals surface area contributed by atoms with E-state index in [-0.39, 0.29) is 0 Å². The molecule has 4 heterocycles. The van der Waals surface area contributed by atoms with Crippen molar-refractivity contribution in [1.29, 1.82) is 0 Å². The Morgan fingerprint density at radius 2 is 0.846 bits per heavy atom. The highest BCUT2D eigenvalue weighted by Crippen LogP contribution is 2.23. The van der Waals surface area contributed by atoms with Crippen LogP contribution in [0.3, 0.4) is 0 Å². The topological polar surface area (TPSA) is 104 Å². The lowest BCUT2D eigenvalue weighted by atomic mass is 10.1. The molecule has 0 spiro atoms. The van der Waals surface area contributed by atoms with Crippen molar-refractivity contribution in [3.05, 3.63) is 119 Å². The Morgan fingerprint density at radius 3 is 1.23 bits per heavy atom. The second-order valence-electron chi connectivity index (χ2n) is 14.2. The molecule has 0 unspecified atom stereocenters. The number of aromatic nitrogens is 2. The summed E-state index contributed by atoms with van der Waals surface area (Å²) in [5.41, 5.74) is 9.47. The minimum Gasteiger partial charge on any atom is -0.311 e. The van der Waals surface area contributed by atoms with Crippen molar-refractivity contribution in [3.63, 3.8) is 0 Å². The fraction of sp³-hybridized carbons (Fsp3) is 0.429. The van der Waals surface area contributed by atoms with Gasteiger partial charge < -0.3 is 31.9 Å². The number of benzene rings is 3. The summed E-state index contributed by atoms with van der Waals surface area (Å²) in [7, 11) is 0. The van der Waals surface area contributed by atoms with Crippen molar-refractivity contribution in [3.8, 4) is 0 Å². The smallest absolute Gasteiger partial charge is 0.0968 e. The van der Waals surface area contributed by atoms with Crippen molar-refractivity contribution in [2.45, 2.75) is 39.3 Å². The third-order valence-corrected chi connectivity index (χ3v) is 10.2. The Labute approximate surface area is 309 Å². The molecule has 0 aliphatic carbocycles. The van der Waals surface area contributed by atoms with E-state index in [2.05, 4.69) is 127 Å². The van der Waals surface area contributed by atoms with Gasteiger partial charge in [0.25, 0.3) is 0 Å². The Morgan fingerprint density at radius 1 is 0.481 bits per heavy atom. The van der Waals surface area contributed by atoms with Gasteiger partial charge in [-0.2, -0.15) is 0 Å². The molecule has 274 valence electrons. The number of fused-ring (bicyclic) bond motifs is 7. The van der Waals surface area contributed by atoms with Crippen molar-refractivity contribution in [2.75, 3.05) is 78.5 Å². The first kappa shape index (κ1) is 36.5. The van der Waals surface area contributed by atoms with Crippen molar-refractivity contribution in [2.24, 2.45) is 0 Å². The molecular weight excluding hydrogens is 645 g/mol. The van der Waals surface area contributed by atoms with Crippen LogP contribution in [0.1, 0.15) is 33.6 Å². The average molecular weight is 701 g/mol. The largest absolute Gasteiger partial charge is 0.311 e. The predicted molar refractivity (Wildman–Crippen MR) is 213 cm³/mol. The number of rotatable bonds is 10. The van der Waals surface area contributed by atoms with E-state index in [1.165, 1.54) is 22.3 Å². The van der Waals surface area contributed by atoms with Crippen LogP contribution in [0.4, 0.5) is 0 Å². The second kappa shape index (κ2) is 19.3. The molecular formula is C42H56N10. The van der Waals surface area contributed by atoms with Crippen molar-refractivity contribution < 1.29 is 0 Å². The molecule has 2 aliphatic heterocycles. The number of hydrogen-bond donors (Lipinski definition) is 6. The van der Waals surface area contributed by atoms with E-state index in [0.717, 1.165) is 151 Å². The van der Waals surface area contributed by atoms with Gasteiger partial charge in [-0.3, -0.25) is 9.80 Å². The third-order valence-electron chi connectivity index (χ3n) is 10.2. The number of nitrogens with one attached hydrogen (secondary N) is 6. The fourth-order valence-electron chi connectivity index (χ4n) is 7.20. The molecule has 2 aromatic heterocycles. The van der Waals surface area contributed by atoms with Gasteiger partial charge in [0.15, 0.2) is 0 Å². The van der Waals surface area contributed by atoms with Crippen molar-refractivity contribution >= 4 is 21.8 Å². The van der Waals surface area contributed by atoms with Crippen LogP contribution in [0, 0.1) is 0 Å². The Bertz CT molecular complexity index is 1670. The van der Waals surface area contributed by atoms with Gasteiger partial charge in [0.1, 0.15) is 0 Å². The lowest BCUT2D eigenvalue weighted by Gasteiger charge is -2.24. The molecule has 5 aromatic rings. The highest BCUT2D eigenvalue weighted by atomic mass is 15.2. The molecule has 0 amide bonds. The molecule has 4 bridgehead atoms. The molecule has 10 nitrogen and oxygen atoms in total. The molecule has 0 radical (unpaired) electrons. The summed E-state index contributed by atoms with van der Waals surface area (Å²) in [4.78, 5) is 15.3. The lowest BCUT2D eigenvalue weighted by Crippen LogP contribution is -2.40. The van der Waals surface area contributed by atoms with Crippen LogP contribution in [-0.4, -0.2) is 98.3 Å². The first-order valence-electron chi connectivity index (χ1n) is 19.3. The molecule has 3 aromatic carbocycles. The third kappa shape index (κ3) is 10.8. The van der Waals surface area contributed by atoms with Gasteiger partial charge in [-0.05, 0) is 34.4 Å². The van der Waals surface area contributed by atoms with Crippen LogP contribution in [-0.2, 0) is 39.3 Å². The summed E-state index contributed by atoms with van der Waals surface area (Å²) in [6.07, 6.45) is 0. The lowest BCUT2D eigenvalue weighted by molar-refractivity contribution is 0.270. The monoisotopic (exact) mass is 700 g/mol. The molecule has 2 aliphatic rings. The molecule has 0 atom stereocenters. The summed E-state index contributed by atoms with van der Waals surface area (Å²) in [6.45, 7) is 17.1. The molecule has 6 N–H and O–H groups in total. The first-order chi connectivity index (χ1) is 25.7. The van der Waals surface area contributed by atoms with Crippen LogP contribution in [0.2, 0.25) is 0 Å². The summed E-state index contributed by atoms with van der Waals surface area (Å²) >= 11 is 0. The van der Waals surface area contributed by atoms with E-state index < -0.39 is 0 Å². The van der Waals surface area contributed by atoms with Crippen LogP contribution in [0.25, 0.3) is 21.8 Å². The van der Waals surface area contributed by atoms with E-state index in [9.17, 15) is 0 Å². The Balaban J connectivity index is 0.883. The van der Waals surface area contributed by atoms with Gasteiger partial charge >= 0.3 is 0 Å². The highest BCUT2D eigenvalue weighted by Gasteiger charge is 2.10. The second-order valence-corrected chi connectivity index (χ2v) is 14.2. The number of nitrogens with zero attached hydrogens (tertiary/aromatic N) is 4. The average Bonchev–Trinajstić information content (AvgIpc) is 3.17. The van der Waals surface area contributed by atoms with E-state index in [1.807, 2.05) is 0 Å². The van der Waals surface area contributed by atoms with E-state index in [1.54, 1.807) is 0 Å². The molecule has 0 saturated carbocycles. The van der Waals surface area contributed by atoms with Crippen LogP contribution < -0.4 is 31.9 Å². The van der Waals surface area contributed by atoms with E-state index in [0.29, 0.717) is 0 Å². The maximum absolute atomic E-state index is 5.12. The van der Waals surface area contributed by atoms with Gasteiger partial charge in [-0.25, -0.2) is 9.97 Å². The van der Waals surface area contributed by atoms with Crippen molar-refractivity contribution in [1.82, 2.24) is 51.7 Å². The first-order valence-corrected chi connectivity index (χ1v) is 19.3. The fourth-order valence-corrected chi connectivity index (χ4v) is 7.20. The molecule has 0 saturated heterocycles. The molecule has 0 fully saturated rings.